The summed E-state index contributed by atoms with van der Waals surface area (Å²) in [7, 11) is 5.27. The molecule has 0 aliphatic heterocycles. The van der Waals surface area contributed by atoms with E-state index in [1.807, 2.05) is 0 Å². The summed E-state index contributed by atoms with van der Waals surface area (Å²) in [6, 6.07) is 4.76. The number of halogens is 3. The first-order valence-electron chi connectivity index (χ1n) is 9.68. The van der Waals surface area contributed by atoms with E-state index in [9.17, 15) is 9.59 Å². The zero-order valence-corrected chi connectivity index (χ0v) is 21.4. The quantitative estimate of drug-likeness (QED) is 0.204. The van der Waals surface area contributed by atoms with Gasteiger partial charge in [-0.2, -0.15) is 0 Å². The van der Waals surface area contributed by atoms with Crippen molar-refractivity contribution >= 4 is 65.0 Å². The summed E-state index contributed by atoms with van der Waals surface area (Å²) >= 11 is 11.8. The Morgan fingerprint density at radius 2 is 1.70 bits per heavy atom. The Kier molecular flexibility index (Phi) is 11.2. The molecule has 0 aromatic heterocycles. The van der Waals surface area contributed by atoms with Crippen LogP contribution in [0.25, 0.3) is 0 Å². The molecule has 0 radical (unpaired) electrons. The fourth-order valence-electron chi connectivity index (χ4n) is 3.56. The number of hydrogen-bond acceptors (Lipinski definition) is 3. The van der Waals surface area contributed by atoms with E-state index >= 15 is 0 Å². The zero-order valence-electron chi connectivity index (χ0n) is 17.6. The maximum absolute atomic E-state index is 12.6. The number of rotatable bonds is 7. The van der Waals surface area contributed by atoms with Gasteiger partial charge in [-0.3, -0.25) is 14.6 Å². The molecular weight excluding hydrogens is 540 g/mol. The Hall–Kier alpha value is -1.26. The molecule has 0 spiro atoms. The normalized spacial score (nSPS) is 15.2. The predicted molar refractivity (Wildman–Crippen MR) is 133 cm³/mol. The lowest BCUT2D eigenvalue weighted by atomic mass is 9.84. The first-order valence-corrected chi connectivity index (χ1v) is 10.4. The molecule has 1 aliphatic rings. The molecule has 0 heterocycles. The van der Waals surface area contributed by atoms with Gasteiger partial charge in [-0.05, 0) is 31.0 Å². The standard InChI is InChI=1S/C20H29Cl2N5O2.HI/c1-23-19(26-13-20(8-4-5-9-20)18(29)27(2)3)25-11-10-24-17(28)14-6-7-15(21)16(22)12-14;/h6-7,12H,4-5,8-11,13H2,1-3H3,(H,24,28)(H2,23,25,26);1H. The van der Waals surface area contributed by atoms with Crippen LogP contribution in [0.3, 0.4) is 0 Å². The number of nitrogens with one attached hydrogen (secondary N) is 3. The van der Waals surface area contributed by atoms with Gasteiger partial charge in [0.2, 0.25) is 5.91 Å². The SMILES string of the molecule is CN=C(NCCNC(=O)c1ccc(Cl)c(Cl)c1)NCC1(C(=O)N(C)C)CCCC1.I. The topological polar surface area (TPSA) is 85.8 Å². The molecule has 1 aromatic rings. The Labute approximate surface area is 205 Å². The lowest BCUT2D eigenvalue weighted by molar-refractivity contribution is -0.138. The average Bonchev–Trinajstić information content (AvgIpc) is 3.18. The summed E-state index contributed by atoms with van der Waals surface area (Å²) in [6.07, 6.45) is 3.89. The third-order valence-electron chi connectivity index (χ3n) is 5.12. The number of amides is 2. The molecule has 7 nitrogen and oxygen atoms in total. The van der Waals surface area contributed by atoms with E-state index in [0.717, 1.165) is 25.7 Å². The van der Waals surface area contributed by atoms with E-state index in [1.54, 1.807) is 38.2 Å². The van der Waals surface area contributed by atoms with Crippen LogP contribution in [0.4, 0.5) is 0 Å². The van der Waals surface area contributed by atoms with Crippen LogP contribution in [0.5, 0.6) is 0 Å². The monoisotopic (exact) mass is 569 g/mol. The first-order chi connectivity index (χ1) is 13.8. The van der Waals surface area contributed by atoms with Crippen molar-refractivity contribution in [3.8, 4) is 0 Å². The van der Waals surface area contributed by atoms with Gasteiger partial charge in [0.15, 0.2) is 5.96 Å². The highest BCUT2D eigenvalue weighted by Gasteiger charge is 2.42. The second-order valence-electron chi connectivity index (χ2n) is 7.42. The lowest BCUT2D eigenvalue weighted by Crippen LogP contribution is -2.50. The van der Waals surface area contributed by atoms with Gasteiger partial charge in [0.25, 0.3) is 5.91 Å². The number of benzene rings is 1. The van der Waals surface area contributed by atoms with Crippen molar-refractivity contribution in [1.82, 2.24) is 20.9 Å². The van der Waals surface area contributed by atoms with Gasteiger partial charge in [-0.15, -0.1) is 24.0 Å². The van der Waals surface area contributed by atoms with Crippen LogP contribution in [0.15, 0.2) is 23.2 Å². The van der Waals surface area contributed by atoms with Crippen molar-refractivity contribution in [3.63, 3.8) is 0 Å². The van der Waals surface area contributed by atoms with E-state index < -0.39 is 0 Å². The van der Waals surface area contributed by atoms with Gasteiger partial charge >= 0.3 is 0 Å². The van der Waals surface area contributed by atoms with Crippen LogP contribution in [0.2, 0.25) is 10.0 Å². The van der Waals surface area contributed by atoms with E-state index in [0.29, 0.717) is 41.2 Å². The number of hydrogen-bond donors (Lipinski definition) is 3. The molecule has 2 amide bonds. The number of guanidine groups is 1. The largest absolute Gasteiger partial charge is 0.355 e. The van der Waals surface area contributed by atoms with Crippen LogP contribution in [-0.2, 0) is 4.79 Å². The maximum atomic E-state index is 12.6. The minimum absolute atomic E-state index is 0. The van der Waals surface area contributed by atoms with Crippen LogP contribution in [-0.4, -0.2) is 63.5 Å². The number of aliphatic imine (C=N–C) groups is 1. The summed E-state index contributed by atoms with van der Waals surface area (Å²) in [6.45, 7) is 1.43. The Bertz CT molecular complexity index is 768. The maximum Gasteiger partial charge on any atom is 0.251 e. The van der Waals surface area contributed by atoms with E-state index in [4.69, 9.17) is 23.2 Å². The Balaban J connectivity index is 0.00000450. The van der Waals surface area contributed by atoms with Gasteiger partial charge < -0.3 is 20.9 Å². The van der Waals surface area contributed by atoms with Gasteiger partial charge in [0.1, 0.15) is 0 Å². The molecule has 1 aromatic carbocycles. The van der Waals surface area contributed by atoms with Crippen molar-refractivity contribution in [2.45, 2.75) is 25.7 Å². The smallest absolute Gasteiger partial charge is 0.251 e. The molecule has 0 saturated heterocycles. The predicted octanol–water partition coefficient (Wildman–Crippen LogP) is 3.15. The van der Waals surface area contributed by atoms with Crippen LogP contribution < -0.4 is 16.0 Å². The minimum atomic E-state index is -0.372. The van der Waals surface area contributed by atoms with Gasteiger partial charge in [0, 0.05) is 46.3 Å². The third kappa shape index (κ3) is 7.16. The molecule has 30 heavy (non-hydrogen) atoms. The summed E-state index contributed by atoms with van der Waals surface area (Å²) in [4.78, 5) is 30.7. The van der Waals surface area contributed by atoms with Gasteiger partial charge in [-0.25, -0.2) is 0 Å². The molecule has 2 rings (SSSR count). The molecule has 1 saturated carbocycles. The number of carbonyl (C=O) groups excluding carboxylic acids is 2. The Morgan fingerprint density at radius 1 is 1.07 bits per heavy atom. The fourth-order valence-corrected chi connectivity index (χ4v) is 3.86. The molecule has 10 heteroatoms. The second-order valence-corrected chi connectivity index (χ2v) is 8.24. The molecule has 3 N–H and O–H groups in total. The second kappa shape index (κ2) is 12.6. The van der Waals surface area contributed by atoms with Gasteiger partial charge in [-0.1, -0.05) is 36.0 Å². The highest BCUT2D eigenvalue weighted by atomic mass is 127. The van der Waals surface area contributed by atoms with Crippen molar-refractivity contribution < 1.29 is 9.59 Å². The number of carbonyl (C=O) groups is 2. The highest BCUT2D eigenvalue weighted by molar-refractivity contribution is 14.0. The highest BCUT2D eigenvalue weighted by Crippen LogP contribution is 2.38. The average molecular weight is 570 g/mol. The minimum Gasteiger partial charge on any atom is -0.355 e. The van der Waals surface area contributed by atoms with Crippen molar-refractivity contribution in [3.05, 3.63) is 33.8 Å². The zero-order chi connectivity index (χ0) is 21.4. The van der Waals surface area contributed by atoms with E-state index in [-0.39, 0.29) is 41.2 Å². The lowest BCUT2D eigenvalue weighted by Gasteiger charge is -2.31. The molecule has 1 fully saturated rings. The molecule has 0 atom stereocenters. The van der Waals surface area contributed by atoms with Crippen molar-refractivity contribution in [2.75, 3.05) is 40.8 Å². The van der Waals surface area contributed by atoms with E-state index in [1.165, 1.54) is 6.07 Å². The molecule has 168 valence electrons. The van der Waals surface area contributed by atoms with Crippen LogP contribution in [0.1, 0.15) is 36.0 Å². The summed E-state index contributed by atoms with van der Waals surface area (Å²) in [5, 5.41) is 9.99. The fraction of sp³-hybridized carbons (Fsp3) is 0.550. The van der Waals surface area contributed by atoms with Crippen LogP contribution >= 0.6 is 47.2 Å². The van der Waals surface area contributed by atoms with Crippen LogP contribution in [0, 0.1) is 5.41 Å². The Morgan fingerprint density at radius 3 is 2.27 bits per heavy atom. The van der Waals surface area contributed by atoms with Crippen molar-refractivity contribution in [2.24, 2.45) is 10.4 Å². The molecular formula is C20H30Cl2IN5O2. The third-order valence-corrected chi connectivity index (χ3v) is 5.86. The number of nitrogens with zero attached hydrogens (tertiary/aromatic N) is 2. The van der Waals surface area contributed by atoms with E-state index in [2.05, 4.69) is 20.9 Å². The molecule has 0 bridgehead atoms. The molecule has 0 unspecified atom stereocenters. The van der Waals surface area contributed by atoms with Crippen molar-refractivity contribution in [1.29, 1.82) is 0 Å². The summed E-state index contributed by atoms with van der Waals surface area (Å²) in [5.41, 5.74) is 0.0793. The summed E-state index contributed by atoms with van der Waals surface area (Å²) < 4.78 is 0. The van der Waals surface area contributed by atoms with Gasteiger partial charge in [0.05, 0.1) is 15.5 Å². The molecule has 1 aliphatic carbocycles. The first kappa shape index (κ1) is 26.8. The summed E-state index contributed by atoms with van der Waals surface area (Å²) in [5.74, 6) is 0.535.